The zero-order valence-electron chi connectivity index (χ0n) is 20.3. The van der Waals surface area contributed by atoms with Gasteiger partial charge in [-0.25, -0.2) is 4.79 Å². The first-order valence-corrected chi connectivity index (χ1v) is 11.7. The Kier molecular flexibility index (Phi) is 6.73. The van der Waals surface area contributed by atoms with Gasteiger partial charge < -0.3 is 14.8 Å². The number of nitrogens with one attached hydrogen (secondary N) is 1. The van der Waals surface area contributed by atoms with Gasteiger partial charge in [-0.3, -0.25) is 4.79 Å². The van der Waals surface area contributed by atoms with Crippen LogP contribution in [0.4, 0.5) is 0 Å². The molecular weight excluding hydrogens is 426 g/mol. The Bertz CT molecular complexity index is 1200. The summed E-state index contributed by atoms with van der Waals surface area (Å²) in [7, 11) is 1.61. The molecule has 2 aromatic rings. The van der Waals surface area contributed by atoms with E-state index in [1.54, 1.807) is 14.0 Å². The van der Waals surface area contributed by atoms with Gasteiger partial charge in [0.05, 0.1) is 25.3 Å². The molecule has 1 aliphatic carbocycles. The van der Waals surface area contributed by atoms with Crippen molar-refractivity contribution >= 4 is 17.8 Å². The number of ketones is 1. The van der Waals surface area contributed by atoms with E-state index >= 15 is 0 Å². The van der Waals surface area contributed by atoms with Crippen molar-refractivity contribution in [2.24, 2.45) is 5.92 Å². The first-order valence-electron chi connectivity index (χ1n) is 11.7. The third-order valence-electron chi connectivity index (χ3n) is 6.50. The van der Waals surface area contributed by atoms with Gasteiger partial charge >= 0.3 is 5.97 Å². The maximum absolute atomic E-state index is 13.7. The molecule has 2 atom stereocenters. The molecule has 5 nitrogen and oxygen atoms in total. The third kappa shape index (κ3) is 4.30. The van der Waals surface area contributed by atoms with E-state index in [-0.39, 0.29) is 18.4 Å². The van der Waals surface area contributed by atoms with Crippen molar-refractivity contribution < 1.29 is 19.1 Å². The van der Waals surface area contributed by atoms with E-state index in [1.165, 1.54) is 5.56 Å². The van der Waals surface area contributed by atoms with Crippen LogP contribution >= 0.6 is 0 Å². The van der Waals surface area contributed by atoms with E-state index in [2.05, 4.69) is 31.3 Å². The Morgan fingerprint density at radius 3 is 2.44 bits per heavy atom. The highest BCUT2D eigenvalue weighted by atomic mass is 16.5. The normalized spacial score (nSPS) is 20.8. The monoisotopic (exact) mass is 457 g/mol. The highest BCUT2D eigenvalue weighted by Gasteiger charge is 2.46. The molecule has 0 saturated carbocycles. The summed E-state index contributed by atoms with van der Waals surface area (Å²) in [6.45, 7) is 8.26. The number of benzene rings is 2. The fourth-order valence-corrected chi connectivity index (χ4v) is 4.78. The molecule has 2 aromatic carbocycles. The van der Waals surface area contributed by atoms with Crippen molar-refractivity contribution in [1.29, 1.82) is 0 Å². The molecule has 2 aliphatic rings. The number of carbonyl (C=O) groups is 2. The Labute approximate surface area is 201 Å². The summed E-state index contributed by atoms with van der Waals surface area (Å²) in [4.78, 5) is 26.8. The lowest BCUT2D eigenvalue weighted by molar-refractivity contribution is -0.139. The smallest absolute Gasteiger partial charge is 0.334 e. The first kappa shape index (κ1) is 23.6. The summed E-state index contributed by atoms with van der Waals surface area (Å²) >= 11 is 0. The van der Waals surface area contributed by atoms with Crippen molar-refractivity contribution in [3.8, 4) is 5.75 Å². The number of ether oxygens (including phenoxy) is 2. The minimum absolute atomic E-state index is 0.0515. The molecule has 1 N–H and O–H groups in total. The molecule has 176 valence electrons. The summed E-state index contributed by atoms with van der Waals surface area (Å²) in [6.07, 6.45) is 3.72. The lowest BCUT2D eigenvalue weighted by atomic mass is 9.72. The summed E-state index contributed by atoms with van der Waals surface area (Å²) in [5.74, 6) is -0.288. The van der Waals surface area contributed by atoms with E-state index in [0.29, 0.717) is 22.9 Å². The molecule has 1 saturated heterocycles. The number of hydrogen-bond acceptors (Lipinski definition) is 5. The second-order valence-electron chi connectivity index (χ2n) is 8.98. The zero-order chi connectivity index (χ0) is 24.4. The summed E-state index contributed by atoms with van der Waals surface area (Å²) in [6, 6.07) is 15.8. The zero-order valence-corrected chi connectivity index (χ0v) is 20.3. The van der Waals surface area contributed by atoms with Gasteiger partial charge in [0.15, 0.2) is 5.78 Å². The largest absolute Gasteiger partial charge is 0.496 e. The number of para-hydroxylation sites is 1. The molecule has 0 spiro atoms. The summed E-state index contributed by atoms with van der Waals surface area (Å²) in [5.41, 5.74) is 5.59. The van der Waals surface area contributed by atoms with Gasteiger partial charge in [0, 0.05) is 22.8 Å². The van der Waals surface area contributed by atoms with Crippen LogP contribution in [0.1, 0.15) is 56.2 Å². The molecule has 1 aliphatic heterocycles. The number of hydrogen-bond donors (Lipinski definition) is 1. The van der Waals surface area contributed by atoms with Crippen LogP contribution in [0, 0.1) is 5.92 Å². The minimum Gasteiger partial charge on any atom is -0.496 e. The molecule has 0 radical (unpaired) electrons. The molecule has 34 heavy (non-hydrogen) atoms. The quantitative estimate of drug-likeness (QED) is 0.458. The first-order chi connectivity index (χ1) is 16.3. The Hall–Kier alpha value is -3.60. The highest BCUT2D eigenvalue weighted by molar-refractivity contribution is 6.08. The lowest BCUT2D eigenvalue weighted by Crippen LogP contribution is -2.29. The number of allylic oxidation sites excluding steroid dienone is 4. The van der Waals surface area contributed by atoms with Gasteiger partial charge in [-0.05, 0) is 54.7 Å². The van der Waals surface area contributed by atoms with Gasteiger partial charge in [0.25, 0.3) is 0 Å². The predicted molar refractivity (Wildman–Crippen MR) is 133 cm³/mol. The predicted octanol–water partition coefficient (Wildman–Crippen LogP) is 5.51. The standard InChI is InChI=1S/C29H31NO4/c1-6-34-29(32)25-18(4)15-22-27(26(25)20-13-11-19(12-14-20)17(2)3)28(31)23(30-22)16-21-9-7-8-10-24(21)33-5/h7-17,26-27,30H,6H2,1-5H3/b23-16+. The van der Waals surface area contributed by atoms with E-state index in [9.17, 15) is 9.59 Å². The van der Waals surface area contributed by atoms with E-state index < -0.39 is 11.8 Å². The lowest BCUT2D eigenvalue weighted by Gasteiger charge is -2.30. The minimum atomic E-state index is -0.519. The number of esters is 1. The fourth-order valence-electron chi connectivity index (χ4n) is 4.78. The fraction of sp³-hybridized carbons (Fsp3) is 0.310. The topological polar surface area (TPSA) is 64.6 Å². The van der Waals surface area contributed by atoms with Gasteiger partial charge in [-0.2, -0.15) is 0 Å². The van der Waals surface area contributed by atoms with Crippen LogP contribution in [0.15, 0.2) is 77.1 Å². The molecule has 1 heterocycles. The van der Waals surface area contributed by atoms with Gasteiger partial charge in [0.2, 0.25) is 0 Å². The van der Waals surface area contributed by atoms with Crippen LogP contribution < -0.4 is 10.1 Å². The molecule has 0 aromatic heterocycles. The maximum Gasteiger partial charge on any atom is 0.334 e. The van der Waals surface area contributed by atoms with E-state index in [0.717, 1.165) is 22.4 Å². The van der Waals surface area contributed by atoms with Crippen molar-refractivity contribution in [2.75, 3.05) is 13.7 Å². The molecule has 0 amide bonds. The highest BCUT2D eigenvalue weighted by Crippen LogP contribution is 2.46. The molecule has 4 rings (SSSR count). The number of carbonyl (C=O) groups excluding carboxylic acids is 2. The third-order valence-corrected chi connectivity index (χ3v) is 6.50. The van der Waals surface area contributed by atoms with E-state index in [1.807, 2.05) is 55.5 Å². The Balaban J connectivity index is 1.80. The average Bonchev–Trinajstić information content (AvgIpc) is 3.13. The van der Waals surface area contributed by atoms with E-state index in [4.69, 9.17) is 9.47 Å². The molecular formula is C29H31NO4. The average molecular weight is 458 g/mol. The maximum atomic E-state index is 13.7. The SMILES string of the molecule is CCOC(=O)C1=C(C)C=C2N/C(=C/c3ccccc3OC)C(=O)C2C1c1ccc(C(C)C)cc1. The van der Waals surface area contributed by atoms with Crippen LogP contribution in [-0.2, 0) is 14.3 Å². The second-order valence-corrected chi connectivity index (χ2v) is 8.98. The Morgan fingerprint density at radius 1 is 1.09 bits per heavy atom. The van der Waals surface area contributed by atoms with Crippen LogP contribution in [0.2, 0.25) is 0 Å². The van der Waals surface area contributed by atoms with Crippen LogP contribution in [0.5, 0.6) is 5.75 Å². The second kappa shape index (κ2) is 9.72. The molecule has 0 bridgehead atoms. The summed E-state index contributed by atoms with van der Waals surface area (Å²) < 4.78 is 10.9. The number of methoxy groups -OCH3 is 1. The van der Waals surface area contributed by atoms with Crippen molar-refractivity contribution in [1.82, 2.24) is 5.32 Å². The van der Waals surface area contributed by atoms with Crippen LogP contribution in [0.3, 0.4) is 0 Å². The van der Waals surface area contributed by atoms with Crippen molar-refractivity contribution in [2.45, 2.75) is 39.5 Å². The molecule has 2 unspecified atom stereocenters. The van der Waals surface area contributed by atoms with Gasteiger partial charge in [-0.1, -0.05) is 56.3 Å². The Morgan fingerprint density at radius 2 is 1.79 bits per heavy atom. The summed E-state index contributed by atoms with van der Waals surface area (Å²) in [5, 5.41) is 3.32. The van der Waals surface area contributed by atoms with Crippen LogP contribution in [0.25, 0.3) is 6.08 Å². The van der Waals surface area contributed by atoms with Crippen LogP contribution in [-0.4, -0.2) is 25.5 Å². The van der Waals surface area contributed by atoms with Crippen molar-refractivity contribution in [3.63, 3.8) is 0 Å². The molecule has 5 heteroatoms. The van der Waals surface area contributed by atoms with Gasteiger partial charge in [0.1, 0.15) is 5.75 Å². The van der Waals surface area contributed by atoms with Crippen molar-refractivity contribution in [3.05, 3.63) is 93.8 Å². The molecule has 1 fully saturated rings. The number of Topliss-reactive ketones (excluding diaryl/α,β-unsaturated/α-hetero) is 1. The number of fused-ring (bicyclic) bond motifs is 1. The van der Waals surface area contributed by atoms with Gasteiger partial charge in [-0.15, -0.1) is 0 Å². The number of rotatable bonds is 6.